The van der Waals surface area contributed by atoms with Crippen LogP contribution in [0.4, 0.5) is 0 Å². The van der Waals surface area contributed by atoms with Gasteiger partial charge in [0, 0.05) is 0 Å². The summed E-state index contributed by atoms with van der Waals surface area (Å²) in [6.45, 7) is 5.11. The van der Waals surface area contributed by atoms with E-state index in [-0.39, 0.29) is 0 Å². The van der Waals surface area contributed by atoms with E-state index in [1.54, 1.807) is 0 Å². The Balaban J connectivity index is 2.05. The molecule has 0 aromatic heterocycles. The Labute approximate surface area is 120 Å². The third kappa shape index (κ3) is 3.61. The molecule has 0 heterocycles. The summed E-state index contributed by atoms with van der Waals surface area (Å²) < 4.78 is 5.74. The minimum absolute atomic E-state index is 0.577. The third-order valence-corrected chi connectivity index (χ3v) is 3.43. The van der Waals surface area contributed by atoms with Gasteiger partial charge in [-0.3, -0.25) is 0 Å². The van der Waals surface area contributed by atoms with Crippen LogP contribution in [0.15, 0.2) is 48.5 Å². The van der Waals surface area contributed by atoms with Gasteiger partial charge in [0.05, 0.1) is 18.2 Å². The van der Waals surface area contributed by atoms with Crippen LogP contribution in [-0.2, 0) is 0 Å². The zero-order chi connectivity index (χ0) is 14.4. The fraction of sp³-hybridized carbons (Fsp3) is 0.278. The Morgan fingerprint density at radius 3 is 2.05 bits per heavy atom. The molecule has 2 aromatic rings. The smallest absolute Gasteiger partial charge is 0.119 e. The highest BCUT2D eigenvalue weighted by Gasteiger charge is 2.02. The summed E-state index contributed by atoms with van der Waals surface area (Å²) in [5.41, 5.74) is 2.92. The van der Waals surface area contributed by atoms with Crippen LogP contribution in [0.25, 0.3) is 11.1 Å². The van der Waals surface area contributed by atoms with Crippen molar-refractivity contribution in [2.45, 2.75) is 20.3 Å². The van der Waals surface area contributed by atoms with Crippen molar-refractivity contribution in [3.8, 4) is 22.9 Å². The quantitative estimate of drug-likeness (QED) is 0.788. The first-order valence-electron chi connectivity index (χ1n) is 6.96. The van der Waals surface area contributed by atoms with Crippen LogP contribution in [0.5, 0.6) is 5.75 Å². The van der Waals surface area contributed by atoms with Gasteiger partial charge in [0.1, 0.15) is 5.75 Å². The van der Waals surface area contributed by atoms with E-state index in [4.69, 9.17) is 10.00 Å². The number of benzene rings is 2. The summed E-state index contributed by atoms with van der Waals surface area (Å²) >= 11 is 0. The third-order valence-electron chi connectivity index (χ3n) is 3.43. The molecule has 0 saturated heterocycles. The zero-order valence-corrected chi connectivity index (χ0v) is 12.0. The number of hydrogen-bond acceptors (Lipinski definition) is 2. The molecule has 0 aliphatic heterocycles. The van der Waals surface area contributed by atoms with Gasteiger partial charge in [-0.05, 0) is 41.3 Å². The maximum Gasteiger partial charge on any atom is 0.119 e. The minimum Gasteiger partial charge on any atom is -0.493 e. The highest BCUT2D eigenvalue weighted by atomic mass is 16.5. The number of nitriles is 1. The van der Waals surface area contributed by atoms with Crippen molar-refractivity contribution in [2.75, 3.05) is 6.61 Å². The topological polar surface area (TPSA) is 33.0 Å². The van der Waals surface area contributed by atoms with Crippen LogP contribution in [-0.4, -0.2) is 6.61 Å². The normalized spacial score (nSPS) is 11.7. The highest BCUT2D eigenvalue weighted by Crippen LogP contribution is 2.23. The number of ether oxygens (including phenoxy) is 1. The van der Waals surface area contributed by atoms with Crippen molar-refractivity contribution in [3.05, 3.63) is 54.1 Å². The summed E-state index contributed by atoms with van der Waals surface area (Å²) in [4.78, 5) is 0. The lowest BCUT2D eigenvalue weighted by atomic mass is 10.0. The van der Waals surface area contributed by atoms with Gasteiger partial charge in [0.2, 0.25) is 0 Å². The number of hydrogen-bond donors (Lipinski definition) is 0. The second-order valence-corrected chi connectivity index (χ2v) is 5.04. The number of nitrogens with zero attached hydrogens (tertiary/aromatic N) is 1. The molecule has 0 N–H and O–H groups in total. The van der Waals surface area contributed by atoms with E-state index in [0.717, 1.165) is 29.9 Å². The minimum atomic E-state index is 0.577. The van der Waals surface area contributed by atoms with Gasteiger partial charge in [0.25, 0.3) is 0 Å². The summed E-state index contributed by atoms with van der Waals surface area (Å²) in [6.07, 6.45) is 1.13. The van der Waals surface area contributed by atoms with Crippen molar-refractivity contribution in [2.24, 2.45) is 5.92 Å². The van der Waals surface area contributed by atoms with Gasteiger partial charge in [-0.25, -0.2) is 0 Å². The molecular weight excluding hydrogens is 246 g/mol. The van der Waals surface area contributed by atoms with Crippen LogP contribution in [0, 0.1) is 17.2 Å². The zero-order valence-electron chi connectivity index (χ0n) is 12.0. The van der Waals surface area contributed by atoms with Gasteiger partial charge in [-0.2, -0.15) is 5.26 Å². The highest BCUT2D eigenvalue weighted by molar-refractivity contribution is 5.64. The summed E-state index contributed by atoms with van der Waals surface area (Å²) in [5, 5.41) is 8.79. The SMILES string of the molecule is CC[C@@H](C)COc1ccc(-c2ccc(C#N)cc2)cc1. The van der Waals surface area contributed by atoms with Crippen molar-refractivity contribution in [1.82, 2.24) is 0 Å². The van der Waals surface area contributed by atoms with Gasteiger partial charge in [-0.1, -0.05) is 44.5 Å². The molecular formula is C18H19NO. The van der Waals surface area contributed by atoms with Gasteiger partial charge < -0.3 is 4.74 Å². The molecule has 0 aliphatic carbocycles. The largest absolute Gasteiger partial charge is 0.493 e. The fourth-order valence-corrected chi connectivity index (χ4v) is 1.84. The van der Waals surface area contributed by atoms with Crippen LogP contribution in [0.2, 0.25) is 0 Å². The van der Waals surface area contributed by atoms with E-state index in [1.165, 1.54) is 0 Å². The molecule has 2 rings (SSSR count). The predicted octanol–water partition coefficient (Wildman–Crippen LogP) is 4.65. The van der Waals surface area contributed by atoms with E-state index in [0.29, 0.717) is 11.5 Å². The Kier molecular flexibility index (Phi) is 4.79. The first-order chi connectivity index (χ1) is 9.72. The molecule has 0 fully saturated rings. The first-order valence-corrected chi connectivity index (χ1v) is 6.96. The molecule has 0 amide bonds. The lowest BCUT2D eigenvalue weighted by molar-refractivity contribution is 0.256. The average molecular weight is 265 g/mol. The lowest BCUT2D eigenvalue weighted by Gasteiger charge is -2.11. The van der Waals surface area contributed by atoms with E-state index in [2.05, 4.69) is 19.9 Å². The van der Waals surface area contributed by atoms with Gasteiger partial charge >= 0.3 is 0 Å². The predicted molar refractivity (Wildman–Crippen MR) is 81.5 cm³/mol. The molecule has 0 spiro atoms. The maximum absolute atomic E-state index is 8.79. The van der Waals surface area contributed by atoms with E-state index < -0.39 is 0 Å². The summed E-state index contributed by atoms with van der Waals surface area (Å²) in [7, 11) is 0. The van der Waals surface area contributed by atoms with Crippen LogP contribution >= 0.6 is 0 Å². The summed E-state index contributed by atoms with van der Waals surface area (Å²) in [5.74, 6) is 1.48. The Morgan fingerprint density at radius 1 is 1.00 bits per heavy atom. The Hall–Kier alpha value is -2.27. The molecule has 0 radical (unpaired) electrons. The molecule has 2 nitrogen and oxygen atoms in total. The second kappa shape index (κ2) is 6.77. The molecule has 1 atom stereocenters. The molecule has 0 aliphatic rings. The lowest BCUT2D eigenvalue weighted by Crippen LogP contribution is -2.06. The fourth-order valence-electron chi connectivity index (χ4n) is 1.84. The second-order valence-electron chi connectivity index (χ2n) is 5.04. The molecule has 2 aromatic carbocycles. The van der Waals surface area contributed by atoms with Crippen LogP contribution < -0.4 is 4.74 Å². The number of rotatable bonds is 5. The van der Waals surface area contributed by atoms with Crippen molar-refractivity contribution < 1.29 is 4.74 Å². The molecule has 20 heavy (non-hydrogen) atoms. The van der Waals surface area contributed by atoms with Crippen molar-refractivity contribution >= 4 is 0 Å². The molecule has 0 unspecified atom stereocenters. The van der Waals surface area contributed by atoms with E-state index in [9.17, 15) is 0 Å². The maximum atomic E-state index is 8.79. The molecule has 0 bridgehead atoms. The monoisotopic (exact) mass is 265 g/mol. The Bertz CT molecular complexity index is 578. The van der Waals surface area contributed by atoms with E-state index >= 15 is 0 Å². The standard InChI is InChI=1S/C18H19NO/c1-3-14(2)13-20-18-10-8-17(9-11-18)16-6-4-15(12-19)5-7-16/h4-11,14H,3,13H2,1-2H3/t14-/m1/s1. The summed E-state index contributed by atoms with van der Waals surface area (Å²) in [6, 6.07) is 17.8. The van der Waals surface area contributed by atoms with Crippen LogP contribution in [0.1, 0.15) is 25.8 Å². The van der Waals surface area contributed by atoms with E-state index in [1.807, 2.05) is 48.5 Å². The van der Waals surface area contributed by atoms with Crippen molar-refractivity contribution in [3.63, 3.8) is 0 Å². The first kappa shape index (κ1) is 14.1. The van der Waals surface area contributed by atoms with Gasteiger partial charge in [-0.15, -0.1) is 0 Å². The van der Waals surface area contributed by atoms with Gasteiger partial charge in [0.15, 0.2) is 0 Å². The average Bonchev–Trinajstić information content (AvgIpc) is 2.53. The van der Waals surface area contributed by atoms with Crippen LogP contribution in [0.3, 0.4) is 0 Å². The molecule has 0 saturated carbocycles. The molecule has 102 valence electrons. The Morgan fingerprint density at radius 2 is 1.55 bits per heavy atom. The molecule has 2 heteroatoms. The van der Waals surface area contributed by atoms with Crippen molar-refractivity contribution in [1.29, 1.82) is 5.26 Å².